The number of anilines is 3. The zero-order chi connectivity index (χ0) is 21.5. The molecule has 2 aromatic carbocycles. The maximum Gasteiger partial charge on any atom is 0.338 e. The SMILES string of the molecule is CC(=O)Nc1cccc(C(=O)O[C@@H](C)C(=O)Nc2ccc(N3CCOCC3)cc2)c1. The predicted molar refractivity (Wildman–Crippen MR) is 114 cm³/mol. The van der Waals surface area contributed by atoms with Crippen molar-refractivity contribution >= 4 is 34.8 Å². The van der Waals surface area contributed by atoms with Crippen LogP contribution >= 0.6 is 0 Å². The highest BCUT2D eigenvalue weighted by molar-refractivity contribution is 5.98. The fourth-order valence-electron chi connectivity index (χ4n) is 3.03. The maximum absolute atomic E-state index is 12.4. The summed E-state index contributed by atoms with van der Waals surface area (Å²) in [5.41, 5.74) is 2.41. The molecule has 1 aliphatic rings. The number of nitrogens with one attached hydrogen (secondary N) is 2. The lowest BCUT2D eigenvalue weighted by atomic mass is 10.2. The number of nitrogens with zero attached hydrogens (tertiary/aromatic N) is 1. The second kappa shape index (κ2) is 9.89. The second-order valence-corrected chi connectivity index (χ2v) is 6.95. The van der Waals surface area contributed by atoms with Gasteiger partial charge in [-0.3, -0.25) is 9.59 Å². The summed E-state index contributed by atoms with van der Waals surface area (Å²) in [6, 6.07) is 13.8. The summed E-state index contributed by atoms with van der Waals surface area (Å²) in [5, 5.41) is 5.35. The number of benzene rings is 2. The van der Waals surface area contributed by atoms with Gasteiger partial charge in [-0.1, -0.05) is 6.07 Å². The van der Waals surface area contributed by atoms with Crippen LogP contribution in [0.1, 0.15) is 24.2 Å². The molecule has 30 heavy (non-hydrogen) atoms. The number of ether oxygens (including phenoxy) is 2. The first-order valence-corrected chi connectivity index (χ1v) is 9.74. The van der Waals surface area contributed by atoms with E-state index >= 15 is 0 Å². The molecule has 0 radical (unpaired) electrons. The van der Waals surface area contributed by atoms with Gasteiger partial charge in [0.15, 0.2) is 6.10 Å². The fourth-order valence-corrected chi connectivity index (χ4v) is 3.03. The van der Waals surface area contributed by atoms with Crippen LogP contribution in [-0.4, -0.2) is 50.2 Å². The summed E-state index contributed by atoms with van der Waals surface area (Å²) in [4.78, 5) is 38.1. The van der Waals surface area contributed by atoms with E-state index in [-0.39, 0.29) is 11.5 Å². The monoisotopic (exact) mass is 411 g/mol. The molecule has 0 aliphatic carbocycles. The lowest BCUT2D eigenvalue weighted by molar-refractivity contribution is -0.123. The Morgan fingerprint density at radius 2 is 1.70 bits per heavy atom. The summed E-state index contributed by atoms with van der Waals surface area (Å²) in [6.45, 7) is 5.96. The fraction of sp³-hybridized carbons (Fsp3) is 0.318. The molecule has 8 nitrogen and oxygen atoms in total. The number of rotatable bonds is 6. The normalized spacial score (nSPS) is 14.5. The Morgan fingerprint density at radius 3 is 2.37 bits per heavy atom. The first kappa shape index (κ1) is 21.3. The Hall–Kier alpha value is -3.39. The highest BCUT2D eigenvalue weighted by Gasteiger charge is 2.20. The molecule has 0 saturated carbocycles. The van der Waals surface area contributed by atoms with Crippen molar-refractivity contribution < 1.29 is 23.9 Å². The number of carbonyl (C=O) groups is 3. The number of amides is 2. The third-order valence-electron chi connectivity index (χ3n) is 4.58. The summed E-state index contributed by atoms with van der Waals surface area (Å²) in [7, 11) is 0. The molecule has 8 heteroatoms. The van der Waals surface area contributed by atoms with Gasteiger partial charge < -0.3 is 25.0 Å². The van der Waals surface area contributed by atoms with E-state index < -0.39 is 18.0 Å². The van der Waals surface area contributed by atoms with Crippen molar-refractivity contribution in [3.63, 3.8) is 0 Å². The minimum atomic E-state index is -0.985. The molecule has 158 valence electrons. The van der Waals surface area contributed by atoms with E-state index in [2.05, 4.69) is 15.5 Å². The Balaban J connectivity index is 1.55. The molecule has 1 aliphatic heterocycles. The first-order chi connectivity index (χ1) is 14.4. The Labute approximate surface area is 175 Å². The third-order valence-corrected chi connectivity index (χ3v) is 4.58. The van der Waals surface area contributed by atoms with Gasteiger partial charge in [0.05, 0.1) is 18.8 Å². The zero-order valence-electron chi connectivity index (χ0n) is 17.0. The van der Waals surface area contributed by atoms with Crippen molar-refractivity contribution in [1.82, 2.24) is 0 Å². The molecule has 0 unspecified atom stereocenters. The average Bonchev–Trinajstić information content (AvgIpc) is 2.74. The smallest absolute Gasteiger partial charge is 0.338 e. The molecular formula is C22H25N3O5. The minimum Gasteiger partial charge on any atom is -0.449 e. The summed E-state index contributed by atoms with van der Waals surface area (Å²) in [5.74, 6) is -1.32. The topological polar surface area (TPSA) is 97.0 Å². The maximum atomic E-state index is 12.4. The van der Waals surface area contributed by atoms with Crippen LogP contribution in [0.5, 0.6) is 0 Å². The predicted octanol–water partition coefficient (Wildman–Crippen LogP) is 2.67. The van der Waals surface area contributed by atoms with Gasteiger partial charge >= 0.3 is 5.97 Å². The van der Waals surface area contributed by atoms with Crippen molar-refractivity contribution in [2.45, 2.75) is 20.0 Å². The van der Waals surface area contributed by atoms with Crippen molar-refractivity contribution in [3.05, 3.63) is 54.1 Å². The molecule has 1 fully saturated rings. The van der Waals surface area contributed by atoms with Crippen LogP contribution < -0.4 is 15.5 Å². The average molecular weight is 411 g/mol. The summed E-state index contributed by atoms with van der Waals surface area (Å²) >= 11 is 0. The van der Waals surface area contributed by atoms with E-state index in [1.54, 1.807) is 18.2 Å². The van der Waals surface area contributed by atoms with Crippen molar-refractivity contribution in [1.29, 1.82) is 0 Å². The number of carbonyl (C=O) groups excluding carboxylic acids is 3. The Morgan fingerprint density at radius 1 is 1.00 bits per heavy atom. The van der Waals surface area contributed by atoms with E-state index in [9.17, 15) is 14.4 Å². The van der Waals surface area contributed by atoms with Gasteiger partial charge in [-0.15, -0.1) is 0 Å². The van der Waals surface area contributed by atoms with Gasteiger partial charge in [-0.05, 0) is 49.4 Å². The number of morpholine rings is 1. The highest BCUT2D eigenvalue weighted by atomic mass is 16.5. The van der Waals surface area contributed by atoms with Crippen LogP contribution in [0.25, 0.3) is 0 Å². The van der Waals surface area contributed by atoms with E-state index in [0.717, 1.165) is 18.8 Å². The number of hydrogen-bond acceptors (Lipinski definition) is 6. The van der Waals surface area contributed by atoms with Crippen LogP contribution in [0.4, 0.5) is 17.1 Å². The van der Waals surface area contributed by atoms with Crippen LogP contribution in [0.2, 0.25) is 0 Å². The van der Waals surface area contributed by atoms with E-state index in [4.69, 9.17) is 9.47 Å². The van der Waals surface area contributed by atoms with Crippen molar-refractivity contribution in [2.24, 2.45) is 0 Å². The van der Waals surface area contributed by atoms with Crippen LogP contribution in [0, 0.1) is 0 Å². The summed E-state index contributed by atoms with van der Waals surface area (Å²) < 4.78 is 10.6. The van der Waals surface area contributed by atoms with Gasteiger partial charge in [0.1, 0.15) is 0 Å². The molecular weight excluding hydrogens is 386 g/mol. The highest BCUT2D eigenvalue weighted by Crippen LogP contribution is 2.19. The molecule has 0 aromatic heterocycles. The lowest BCUT2D eigenvalue weighted by Crippen LogP contribution is -2.36. The number of esters is 1. The molecule has 0 bridgehead atoms. The third kappa shape index (κ3) is 5.81. The van der Waals surface area contributed by atoms with E-state index in [1.165, 1.54) is 19.9 Å². The quantitative estimate of drug-likeness (QED) is 0.710. The minimum absolute atomic E-state index is 0.243. The molecule has 3 rings (SSSR count). The van der Waals surface area contributed by atoms with Crippen molar-refractivity contribution in [3.8, 4) is 0 Å². The molecule has 1 heterocycles. The van der Waals surface area contributed by atoms with Gasteiger partial charge in [-0.2, -0.15) is 0 Å². The van der Waals surface area contributed by atoms with Gasteiger partial charge in [0.2, 0.25) is 5.91 Å². The van der Waals surface area contributed by atoms with Gasteiger partial charge in [0.25, 0.3) is 5.91 Å². The van der Waals surface area contributed by atoms with Crippen LogP contribution in [-0.2, 0) is 19.1 Å². The second-order valence-electron chi connectivity index (χ2n) is 6.95. The summed E-state index contributed by atoms with van der Waals surface area (Å²) in [6.07, 6.45) is -0.985. The standard InChI is InChI=1S/C22H25N3O5/c1-15(30-22(28)17-4-3-5-19(14-17)23-16(2)26)21(27)24-18-6-8-20(9-7-18)25-10-12-29-13-11-25/h3-9,14-15H,10-13H2,1-2H3,(H,23,26)(H,24,27)/t15-/m0/s1. The first-order valence-electron chi connectivity index (χ1n) is 9.74. The molecule has 2 N–H and O–H groups in total. The van der Waals surface area contributed by atoms with Crippen molar-refractivity contribution in [2.75, 3.05) is 41.8 Å². The molecule has 1 saturated heterocycles. The molecule has 0 spiro atoms. The van der Waals surface area contributed by atoms with Crippen LogP contribution in [0.15, 0.2) is 48.5 Å². The zero-order valence-corrected chi connectivity index (χ0v) is 17.0. The molecule has 2 aromatic rings. The Bertz CT molecular complexity index is 907. The molecule has 2 amide bonds. The van der Waals surface area contributed by atoms with Gasteiger partial charge in [0, 0.05) is 37.1 Å². The largest absolute Gasteiger partial charge is 0.449 e. The molecule has 1 atom stereocenters. The van der Waals surface area contributed by atoms with E-state index in [1.807, 2.05) is 24.3 Å². The van der Waals surface area contributed by atoms with E-state index in [0.29, 0.717) is 24.6 Å². The Kier molecular flexibility index (Phi) is 7.03. The van der Waals surface area contributed by atoms with Gasteiger partial charge in [-0.25, -0.2) is 4.79 Å². The lowest BCUT2D eigenvalue weighted by Gasteiger charge is -2.28. The number of hydrogen-bond donors (Lipinski definition) is 2. The van der Waals surface area contributed by atoms with Crippen LogP contribution in [0.3, 0.4) is 0 Å².